The maximum Gasteiger partial charge on any atom is 0.324 e. The van der Waals surface area contributed by atoms with Gasteiger partial charge in [-0.05, 0) is 24.6 Å². The Kier molecular flexibility index (Phi) is 3.42. The summed E-state index contributed by atoms with van der Waals surface area (Å²) in [5.41, 5.74) is 0.601. The molecule has 1 atom stereocenters. The molecule has 13 heavy (non-hydrogen) atoms. The lowest BCUT2D eigenvalue weighted by atomic mass is 10.0. The summed E-state index contributed by atoms with van der Waals surface area (Å²) in [5, 5.41) is 0. The zero-order valence-electron chi connectivity index (χ0n) is 6.96. The molecule has 0 amide bonds. The van der Waals surface area contributed by atoms with Gasteiger partial charge in [0, 0.05) is 0 Å². The Labute approximate surface area is 84.2 Å². The van der Waals surface area contributed by atoms with Crippen molar-refractivity contribution in [2.75, 3.05) is 0 Å². The fourth-order valence-electron chi connectivity index (χ4n) is 0.979. The molecule has 0 saturated heterocycles. The molecule has 0 aromatic heterocycles. The van der Waals surface area contributed by atoms with Gasteiger partial charge in [0.1, 0.15) is 5.82 Å². The van der Waals surface area contributed by atoms with Crippen molar-refractivity contribution in [3.63, 3.8) is 0 Å². The summed E-state index contributed by atoms with van der Waals surface area (Å²) in [7, 11) is 0. The van der Waals surface area contributed by atoms with Crippen LogP contribution in [-0.4, -0.2) is 5.97 Å². The van der Waals surface area contributed by atoms with Crippen LogP contribution in [0.15, 0.2) is 24.3 Å². The fourth-order valence-corrected chi connectivity index (χ4v) is 1.26. The lowest BCUT2D eigenvalue weighted by molar-refractivity contribution is -0.133. The maximum atomic E-state index is 12.7. The summed E-state index contributed by atoms with van der Waals surface area (Å²) in [5.74, 6) is -1.26. The monoisotopic (exact) mass is 246 g/mol. The molecule has 0 fully saturated rings. The van der Waals surface area contributed by atoms with Gasteiger partial charge in [-0.25, -0.2) is 4.39 Å². The van der Waals surface area contributed by atoms with E-state index in [0.717, 1.165) is 0 Å². The van der Waals surface area contributed by atoms with Gasteiger partial charge >= 0.3 is 5.97 Å². The van der Waals surface area contributed by atoms with Gasteiger partial charge in [0.2, 0.25) is 0 Å². The van der Waals surface area contributed by atoms with Crippen molar-refractivity contribution in [2.24, 2.45) is 0 Å². The van der Waals surface area contributed by atoms with Crippen LogP contribution in [0.2, 0.25) is 0 Å². The molecule has 0 spiro atoms. The average molecular weight is 247 g/mol. The zero-order chi connectivity index (χ0) is 9.84. The molecule has 4 heteroatoms. The second kappa shape index (κ2) is 4.37. The molecule has 0 aliphatic heterocycles. The number of carbonyl (C=O) groups is 1. The van der Waals surface area contributed by atoms with Gasteiger partial charge in [0.15, 0.2) is 16.3 Å². The smallest absolute Gasteiger partial charge is 0.324 e. The molecule has 0 bridgehead atoms. The maximum absolute atomic E-state index is 12.7. The SMILES string of the molecule is CC(C(=O)OBr)c1cccc(F)c1. The molecule has 2 nitrogen and oxygen atoms in total. The lowest BCUT2D eigenvalue weighted by Gasteiger charge is -2.07. The van der Waals surface area contributed by atoms with Gasteiger partial charge in [-0.2, -0.15) is 0 Å². The highest BCUT2D eigenvalue weighted by atomic mass is 79.9. The van der Waals surface area contributed by atoms with Crippen LogP contribution in [0, 0.1) is 5.82 Å². The second-order valence-electron chi connectivity index (χ2n) is 2.67. The van der Waals surface area contributed by atoms with Crippen LogP contribution >= 0.6 is 16.3 Å². The summed E-state index contributed by atoms with van der Waals surface area (Å²) in [6.45, 7) is 1.65. The Morgan fingerprint density at radius 2 is 2.31 bits per heavy atom. The fraction of sp³-hybridized carbons (Fsp3) is 0.222. The molecule has 0 aliphatic carbocycles. The molecule has 1 aromatic carbocycles. The van der Waals surface area contributed by atoms with Crippen LogP contribution in [0.5, 0.6) is 0 Å². The van der Waals surface area contributed by atoms with E-state index in [9.17, 15) is 9.18 Å². The highest BCUT2D eigenvalue weighted by molar-refractivity contribution is 9.06. The van der Waals surface area contributed by atoms with Gasteiger partial charge < -0.3 is 3.83 Å². The molecule has 0 N–H and O–H groups in total. The van der Waals surface area contributed by atoms with Gasteiger partial charge in [0.05, 0.1) is 5.92 Å². The van der Waals surface area contributed by atoms with E-state index in [2.05, 4.69) is 20.1 Å². The van der Waals surface area contributed by atoms with Crippen LogP contribution in [0.25, 0.3) is 0 Å². The van der Waals surface area contributed by atoms with Gasteiger partial charge in [-0.1, -0.05) is 12.1 Å². The first-order chi connectivity index (χ1) is 6.15. The topological polar surface area (TPSA) is 26.3 Å². The van der Waals surface area contributed by atoms with Gasteiger partial charge in [-0.3, -0.25) is 4.79 Å². The highest BCUT2D eigenvalue weighted by Gasteiger charge is 2.16. The van der Waals surface area contributed by atoms with E-state index in [4.69, 9.17) is 0 Å². The van der Waals surface area contributed by atoms with Crippen LogP contribution < -0.4 is 0 Å². The van der Waals surface area contributed by atoms with Crippen LogP contribution in [0.4, 0.5) is 4.39 Å². The summed E-state index contributed by atoms with van der Waals surface area (Å²) < 4.78 is 17.1. The van der Waals surface area contributed by atoms with Crippen LogP contribution in [0.1, 0.15) is 18.4 Å². The largest absolute Gasteiger partial charge is 0.383 e. The summed E-state index contributed by atoms with van der Waals surface area (Å²) in [4.78, 5) is 11.0. The lowest BCUT2D eigenvalue weighted by Crippen LogP contribution is -2.08. The summed E-state index contributed by atoms with van der Waals surface area (Å²) >= 11 is 2.59. The Morgan fingerprint density at radius 3 is 2.85 bits per heavy atom. The normalized spacial score (nSPS) is 12.2. The van der Waals surface area contributed by atoms with E-state index in [1.165, 1.54) is 12.1 Å². The van der Waals surface area contributed by atoms with Gasteiger partial charge in [-0.15, -0.1) is 0 Å². The minimum absolute atomic E-state index is 0.355. The molecule has 1 rings (SSSR count). The van der Waals surface area contributed by atoms with Crippen LogP contribution in [-0.2, 0) is 8.62 Å². The van der Waals surface area contributed by atoms with Crippen molar-refractivity contribution >= 4 is 22.2 Å². The third kappa shape index (κ3) is 2.52. The second-order valence-corrected chi connectivity index (χ2v) is 3.00. The number of carbonyl (C=O) groups excluding carboxylic acids is 1. The molecule has 1 aromatic rings. The van der Waals surface area contributed by atoms with E-state index in [0.29, 0.717) is 5.56 Å². The molecular formula is C9H8BrFO2. The van der Waals surface area contributed by atoms with Crippen LogP contribution in [0.3, 0.4) is 0 Å². The van der Waals surface area contributed by atoms with Crippen molar-refractivity contribution in [1.82, 2.24) is 0 Å². The Hall–Kier alpha value is -0.900. The molecule has 1 unspecified atom stereocenters. The van der Waals surface area contributed by atoms with E-state index >= 15 is 0 Å². The standard InChI is InChI=1S/C9H8BrFO2/c1-6(9(12)13-10)7-3-2-4-8(11)5-7/h2-6H,1H3. The average Bonchev–Trinajstić information content (AvgIpc) is 2.15. The zero-order valence-corrected chi connectivity index (χ0v) is 8.55. The first-order valence-corrected chi connectivity index (χ1v) is 4.38. The predicted molar refractivity (Wildman–Crippen MR) is 49.8 cm³/mol. The Bertz CT molecular complexity index is 314. The number of benzene rings is 1. The van der Waals surface area contributed by atoms with E-state index in [1.807, 2.05) is 0 Å². The Morgan fingerprint density at radius 1 is 1.62 bits per heavy atom. The number of hydrogen-bond acceptors (Lipinski definition) is 2. The number of rotatable bonds is 2. The third-order valence-corrected chi connectivity index (χ3v) is 2.10. The minimum Gasteiger partial charge on any atom is -0.383 e. The predicted octanol–water partition coefficient (Wildman–Crippen LogP) is 2.78. The first-order valence-electron chi connectivity index (χ1n) is 3.73. The van der Waals surface area contributed by atoms with Crippen molar-refractivity contribution in [3.8, 4) is 0 Å². The van der Waals surface area contributed by atoms with Crippen molar-refractivity contribution in [2.45, 2.75) is 12.8 Å². The Balaban J connectivity index is 2.88. The van der Waals surface area contributed by atoms with Gasteiger partial charge in [0.25, 0.3) is 0 Å². The molecule has 0 heterocycles. The minimum atomic E-state index is -0.463. The van der Waals surface area contributed by atoms with E-state index in [1.54, 1.807) is 19.1 Å². The quantitative estimate of drug-likeness (QED) is 0.803. The van der Waals surface area contributed by atoms with E-state index in [-0.39, 0.29) is 5.82 Å². The third-order valence-electron chi connectivity index (χ3n) is 1.78. The molecule has 0 aliphatic rings. The van der Waals surface area contributed by atoms with Crippen molar-refractivity contribution in [3.05, 3.63) is 35.6 Å². The van der Waals surface area contributed by atoms with E-state index < -0.39 is 11.9 Å². The summed E-state index contributed by atoms with van der Waals surface area (Å²) in [6, 6.07) is 5.88. The first kappa shape index (κ1) is 10.2. The molecule has 0 radical (unpaired) electrons. The molecule has 0 saturated carbocycles. The number of hydrogen-bond donors (Lipinski definition) is 0. The number of halogens is 2. The molecule has 70 valence electrons. The van der Waals surface area contributed by atoms with Crippen molar-refractivity contribution in [1.29, 1.82) is 0 Å². The molecular weight excluding hydrogens is 239 g/mol. The van der Waals surface area contributed by atoms with Crippen molar-refractivity contribution < 1.29 is 13.0 Å². The highest BCUT2D eigenvalue weighted by Crippen LogP contribution is 2.18. The summed E-state index contributed by atoms with van der Waals surface area (Å²) in [6.07, 6.45) is 0.